The van der Waals surface area contributed by atoms with Crippen molar-refractivity contribution in [2.75, 3.05) is 0 Å². The normalized spacial score (nSPS) is 28.7. The van der Waals surface area contributed by atoms with Gasteiger partial charge in [-0.25, -0.2) is 9.18 Å². The van der Waals surface area contributed by atoms with Gasteiger partial charge in [-0.1, -0.05) is 45.4 Å². The van der Waals surface area contributed by atoms with Crippen molar-refractivity contribution in [1.82, 2.24) is 0 Å². The van der Waals surface area contributed by atoms with Gasteiger partial charge in [0.25, 0.3) is 0 Å². The third kappa shape index (κ3) is 6.05. The summed E-state index contributed by atoms with van der Waals surface area (Å²) in [4.78, 5) is 12.2. The molecule has 0 amide bonds. The summed E-state index contributed by atoms with van der Waals surface area (Å²) in [6.07, 6.45) is 15.6. The molecule has 0 atom stereocenters. The first kappa shape index (κ1) is 20.4. The molecule has 2 nitrogen and oxygen atoms in total. The molecule has 0 spiro atoms. The summed E-state index contributed by atoms with van der Waals surface area (Å²) < 4.78 is 18.6. The maximum absolute atomic E-state index is 13.0. The van der Waals surface area contributed by atoms with Crippen LogP contribution in [0.3, 0.4) is 0 Å². The van der Waals surface area contributed by atoms with Gasteiger partial charge < -0.3 is 4.74 Å². The van der Waals surface area contributed by atoms with E-state index in [-0.39, 0.29) is 17.9 Å². The van der Waals surface area contributed by atoms with Crippen LogP contribution < -0.4 is 0 Å². The average Bonchev–Trinajstić information content (AvgIpc) is 2.70. The fraction of sp³-hybridized carbons (Fsp3) is 0.708. The van der Waals surface area contributed by atoms with Gasteiger partial charge >= 0.3 is 5.97 Å². The Morgan fingerprint density at radius 1 is 0.926 bits per heavy atom. The lowest BCUT2D eigenvalue weighted by Gasteiger charge is -2.37. The van der Waals surface area contributed by atoms with Crippen molar-refractivity contribution in [1.29, 1.82) is 0 Å². The standard InChI is InChI=1S/C24H35FO2/c1-2-3-4-5-18-6-8-19(9-7-18)20-12-16-23(17-13-20)27-24(26)21-10-14-22(25)15-11-21/h10-11,14-15,18-20,23H,2-9,12-13,16-17H2,1H3. The maximum atomic E-state index is 13.0. The molecule has 0 bridgehead atoms. The molecular formula is C24H35FO2. The Bertz CT molecular complexity index is 567. The summed E-state index contributed by atoms with van der Waals surface area (Å²) in [6, 6.07) is 5.63. The van der Waals surface area contributed by atoms with Crippen LogP contribution in [0, 0.1) is 23.6 Å². The number of hydrogen-bond acceptors (Lipinski definition) is 2. The van der Waals surface area contributed by atoms with Gasteiger partial charge in [0, 0.05) is 0 Å². The lowest BCUT2D eigenvalue weighted by molar-refractivity contribution is 0.0109. The molecule has 0 saturated heterocycles. The smallest absolute Gasteiger partial charge is 0.338 e. The third-order valence-electron chi connectivity index (χ3n) is 6.85. The van der Waals surface area contributed by atoms with Crippen LogP contribution >= 0.6 is 0 Å². The minimum atomic E-state index is -0.327. The van der Waals surface area contributed by atoms with Crippen LogP contribution in [-0.4, -0.2) is 12.1 Å². The fourth-order valence-electron chi connectivity index (χ4n) is 5.11. The summed E-state index contributed by atoms with van der Waals surface area (Å²) in [5.74, 6) is 2.04. The van der Waals surface area contributed by atoms with Gasteiger partial charge in [-0.3, -0.25) is 0 Å². The molecular weight excluding hydrogens is 339 g/mol. The zero-order valence-electron chi connectivity index (χ0n) is 16.8. The van der Waals surface area contributed by atoms with Gasteiger partial charge in [0.2, 0.25) is 0 Å². The van der Waals surface area contributed by atoms with Gasteiger partial charge in [-0.05, 0) is 80.5 Å². The van der Waals surface area contributed by atoms with Gasteiger partial charge in [0.05, 0.1) is 5.56 Å². The van der Waals surface area contributed by atoms with Crippen molar-refractivity contribution < 1.29 is 13.9 Å². The number of halogens is 1. The van der Waals surface area contributed by atoms with Crippen LogP contribution in [0.4, 0.5) is 4.39 Å². The maximum Gasteiger partial charge on any atom is 0.338 e. The second-order valence-electron chi connectivity index (χ2n) is 8.73. The first-order valence-electron chi connectivity index (χ1n) is 11.1. The monoisotopic (exact) mass is 374 g/mol. The molecule has 0 heterocycles. The van der Waals surface area contributed by atoms with Crippen LogP contribution in [-0.2, 0) is 4.74 Å². The van der Waals surface area contributed by atoms with E-state index in [1.54, 1.807) is 0 Å². The van der Waals surface area contributed by atoms with E-state index in [2.05, 4.69) is 6.92 Å². The predicted octanol–water partition coefficient (Wildman–Crippen LogP) is 6.93. The molecule has 0 N–H and O–H groups in total. The van der Waals surface area contributed by atoms with Crippen molar-refractivity contribution in [3.05, 3.63) is 35.6 Å². The lowest BCUT2D eigenvalue weighted by atomic mass is 9.70. The van der Waals surface area contributed by atoms with E-state index >= 15 is 0 Å². The third-order valence-corrected chi connectivity index (χ3v) is 6.85. The van der Waals surface area contributed by atoms with Crippen molar-refractivity contribution in [2.24, 2.45) is 17.8 Å². The van der Waals surface area contributed by atoms with E-state index in [1.807, 2.05) is 0 Å². The van der Waals surface area contributed by atoms with Crippen LogP contribution in [0.5, 0.6) is 0 Å². The summed E-state index contributed by atoms with van der Waals surface area (Å²) in [7, 11) is 0. The van der Waals surface area contributed by atoms with Gasteiger partial charge in [0.1, 0.15) is 11.9 Å². The van der Waals surface area contributed by atoms with E-state index in [4.69, 9.17) is 4.74 Å². The zero-order valence-corrected chi connectivity index (χ0v) is 16.8. The topological polar surface area (TPSA) is 26.3 Å². The number of carbonyl (C=O) groups excluding carboxylic acids is 1. The number of carbonyl (C=O) groups is 1. The minimum Gasteiger partial charge on any atom is -0.459 e. The molecule has 0 aromatic heterocycles. The Kier molecular flexibility index (Phi) is 7.72. The van der Waals surface area contributed by atoms with E-state index in [1.165, 1.54) is 88.5 Å². The number of hydrogen-bond donors (Lipinski definition) is 0. The van der Waals surface area contributed by atoms with E-state index in [0.29, 0.717) is 5.56 Å². The quantitative estimate of drug-likeness (QED) is 0.382. The number of unbranched alkanes of at least 4 members (excludes halogenated alkanes) is 2. The number of esters is 1. The van der Waals surface area contributed by atoms with Crippen LogP contribution in [0.1, 0.15) is 94.3 Å². The van der Waals surface area contributed by atoms with E-state index < -0.39 is 0 Å². The van der Waals surface area contributed by atoms with E-state index in [9.17, 15) is 9.18 Å². The van der Waals surface area contributed by atoms with Gasteiger partial charge in [-0.15, -0.1) is 0 Å². The lowest BCUT2D eigenvalue weighted by Crippen LogP contribution is -2.29. The molecule has 1 aromatic rings. The molecule has 3 heteroatoms. The van der Waals surface area contributed by atoms with Gasteiger partial charge in [-0.2, -0.15) is 0 Å². The molecule has 2 saturated carbocycles. The second kappa shape index (κ2) is 10.2. The Morgan fingerprint density at radius 3 is 2.11 bits per heavy atom. The predicted molar refractivity (Wildman–Crippen MR) is 107 cm³/mol. The number of benzene rings is 1. The first-order valence-corrected chi connectivity index (χ1v) is 11.1. The van der Waals surface area contributed by atoms with Crippen molar-refractivity contribution >= 4 is 5.97 Å². The highest BCUT2D eigenvalue weighted by Gasteiger charge is 2.31. The first-order chi connectivity index (χ1) is 13.2. The molecule has 1 aromatic carbocycles. The number of rotatable bonds is 7. The highest BCUT2D eigenvalue weighted by Crippen LogP contribution is 2.41. The minimum absolute atomic E-state index is 0.0317. The average molecular weight is 375 g/mol. The van der Waals surface area contributed by atoms with Crippen molar-refractivity contribution in [3.63, 3.8) is 0 Å². The Labute approximate surface area is 163 Å². The summed E-state index contributed by atoms with van der Waals surface area (Å²) >= 11 is 0. The second-order valence-corrected chi connectivity index (χ2v) is 8.73. The highest BCUT2D eigenvalue weighted by atomic mass is 19.1. The van der Waals surface area contributed by atoms with Gasteiger partial charge in [0.15, 0.2) is 0 Å². The van der Waals surface area contributed by atoms with Crippen LogP contribution in [0.25, 0.3) is 0 Å². The fourth-order valence-corrected chi connectivity index (χ4v) is 5.11. The molecule has 0 aliphatic heterocycles. The molecule has 2 aliphatic carbocycles. The molecule has 2 aliphatic rings. The molecule has 0 radical (unpaired) electrons. The van der Waals surface area contributed by atoms with E-state index in [0.717, 1.165) is 30.6 Å². The highest BCUT2D eigenvalue weighted by molar-refractivity contribution is 5.89. The summed E-state index contributed by atoms with van der Waals surface area (Å²) in [6.45, 7) is 2.28. The Balaban J connectivity index is 1.37. The molecule has 2 fully saturated rings. The molecule has 150 valence electrons. The molecule has 3 rings (SSSR count). The molecule has 0 unspecified atom stereocenters. The Morgan fingerprint density at radius 2 is 1.52 bits per heavy atom. The van der Waals surface area contributed by atoms with Crippen molar-refractivity contribution in [3.8, 4) is 0 Å². The van der Waals surface area contributed by atoms with Crippen molar-refractivity contribution in [2.45, 2.75) is 90.1 Å². The summed E-state index contributed by atoms with van der Waals surface area (Å²) in [5.41, 5.74) is 0.444. The number of ether oxygens (including phenoxy) is 1. The SMILES string of the molecule is CCCCCC1CCC(C2CCC(OC(=O)c3ccc(F)cc3)CC2)CC1. The summed E-state index contributed by atoms with van der Waals surface area (Å²) in [5, 5.41) is 0. The van der Waals surface area contributed by atoms with Crippen LogP contribution in [0.15, 0.2) is 24.3 Å². The largest absolute Gasteiger partial charge is 0.459 e. The molecule has 27 heavy (non-hydrogen) atoms. The van der Waals surface area contributed by atoms with Crippen LogP contribution in [0.2, 0.25) is 0 Å². The Hall–Kier alpha value is -1.38. The zero-order chi connectivity index (χ0) is 19.1.